The molecule has 0 aliphatic rings. The van der Waals surface area contributed by atoms with Crippen LogP contribution in [0.1, 0.15) is 46.5 Å². The summed E-state index contributed by atoms with van der Waals surface area (Å²) in [6.45, 7) is 7.37. The summed E-state index contributed by atoms with van der Waals surface area (Å²) in [5, 5.41) is 0. The first-order chi connectivity index (χ1) is 7.12. The fourth-order valence-corrected chi connectivity index (χ4v) is 1.12. The van der Waals surface area contributed by atoms with Crippen LogP contribution in [0.3, 0.4) is 0 Å². The number of amides is 1. The van der Waals surface area contributed by atoms with Crippen LogP contribution in [-0.4, -0.2) is 19.2 Å². The molecule has 1 amide bonds. The first-order valence-corrected chi connectivity index (χ1v) is 5.74. The molecule has 0 aliphatic carbocycles. The molecular formula is C11H26N2O2. The van der Waals surface area contributed by atoms with E-state index >= 15 is 0 Å². The molecule has 4 heteroatoms. The molecule has 0 heterocycles. The van der Waals surface area contributed by atoms with E-state index in [9.17, 15) is 4.79 Å². The van der Waals surface area contributed by atoms with Crippen molar-refractivity contribution in [2.75, 3.05) is 13.2 Å². The molecule has 0 aliphatic heterocycles. The molecule has 4 nitrogen and oxygen atoms in total. The Hall–Kier alpha value is -0.770. The maximum absolute atomic E-state index is 9.60. The predicted molar refractivity (Wildman–Crippen MR) is 63.6 cm³/mol. The second-order valence-electron chi connectivity index (χ2n) is 3.40. The van der Waals surface area contributed by atoms with Gasteiger partial charge < -0.3 is 16.2 Å². The maximum atomic E-state index is 9.60. The zero-order chi connectivity index (χ0) is 12.1. The summed E-state index contributed by atoms with van der Waals surface area (Å²) >= 11 is 0. The van der Waals surface area contributed by atoms with Crippen LogP contribution < -0.4 is 11.5 Å². The van der Waals surface area contributed by atoms with Crippen LogP contribution in [0.25, 0.3) is 0 Å². The molecule has 0 saturated carbocycles. The van der Waals surface area contributed by atoms with E-state index in [2.05, 4.69) is 24.3 Å². The molecule has 0 aromatic heterocycles. The fraction of sp³-hybridized carbons (Fsp3) is 0.909. The van der Waals surface area contributed by atoms with Gasteiger partial charge in [-0.05, 0) is 25.8 Å². The van der Waals surface area contributed by atoms with Crippen molar-refractivity contribution in [2.45, 2.75) is 46.5 Å². The van der Waals surface area contributed by atoms with Crippen molar-refractivity contribution in [3.05, 3.63) is 0 Å². The minimum Gasteiger partial charge on any atom is -0.450 e. The minimum absolute atomic E-state index is 0.356. The molecule has 0 fully saturated rings. The Morgan fingerprint density at radius 2 is 1.93 bits per heavy atom. The van der Waals surface area contributed by atoms with E-state index < -0.39 is 6.09 Å². The van der Waals surface area contributed by atoms with Gasteiger partial charge in [-0.25, -0.2) is 4.79 Å². The Morgan fingerprint density at radius 1 is 1.33 bits per heavy atom. The summed E-state index contributed by atoms with van der Waals surface area (Å²) in [5.41, 5.74) is 10.1. The Morgan fingerprint density at radius 3 is 2.13 bits per heavy atom. The molecule has 0 aromatic rings. The largest absolute Gasteiger partial charge is 0.450 e. The van der Waals surface area contributed by atoms with Crippen molar-refractivity contribution in [3.63, 3.8) is 0 Å². The molecule has 0 spiro atoms. The highest BCUT2D eigenvalue weighted by molar-refractivity contribution is 5.64. The zero-order valence-electron chi connectivity index (χ0n) is 10.3. The van der Waals surface area contributed by atoms with Crippen molar-refractivity contribution in [1.82, 2.24) is 0 Å². The number of rotatable bonds is 6. The highest BCUT2D eigenvalue weighted by Crippen LogP contribution is 2.09. The van der Waals surface area contributed by atoms with E-state index in [1.807, 2.05) is 0 Å². The normalized spacial score (nSPS) is 11.2. The molecule has 0 rings (SSSR count). The van der Waals surface area contributed by atoms with Crippen LogP contribution in [-0.2, 0) is 4.74 Å². The van der Waals surface area contributed by atoms with Crippen LogP contribution in [0, 0.1) is 5.92 Å². The monoisotopic (exact) mass is 218 g/mol. The quantitative estimate of drug-likeness (QED) is 0.717. The number of carbonyl (C=O) groups excluding carboxylic acids is 1. The van der Waals surface area contributed by atoms with E-state index in [-0.39, 0.29) is 0 Å². The molecular weight excluding hydrogens is 192 g/mol. The van der Waals surface area contributed by atoms with Crippen LogP contribution in [0.4, 0.5) is 4.79 Å². The number of nitrogens with two attached hydrogens (primary N) is 2. The van der Waals surface area contributed by atoms with E-state index in [0.29, 0.717) is 6.61 Å². The molecule has 0 radical (unpaired) electrons. The van der Waals surface area contributed by atoms with Crippen LogP contribution in [0.2, 0.25) is 0 Å². The Bertz CT molecular complexity index is 137. The summed E-state index contributed by atoms with van der Waals surface area (Å²) in [6, 6.07) is 0. The topological polar surface area (TPSA) is 78.3 Å². The van der Waals surface area contributed by atoms with Crippen LogP contribution in [0.5, 0.6) is 0 Å². The first-order valence-electron chi connectivity index (χ1n) is 5.74. The van der Waals surface area contributed by atoms with Gasteiger partial charge in [-0.15, -0.1) is 0 Å². The van der Waals surface area contributed by atoms with E-state index in [1.54, 1.807) is 6.92 Å². The molecule has 92 valence electrons. The van der Waals surface area contributed by atoms with Gasteiger partial charge >= 0.3 is 6.09 Å². The van der Waals surface area contributed by atoms with Gasteiger partial charge in [0.2, 0.25) is 0 Å². The third kappa shape index (κ3) is 15.9. The summed E-state index contributed by atoms with van der Waals surface area (Å²) in [7, 11) is 0. The lowest BCUT2D eigenvalue weighted by Gasteiger charge is -2.09. The van der Waals surface area contributed by atoms with Crippen molar-refractivity contribution in [2.24, 2.45) is 17.4 Å². The highest BCUT2D eigenvalue weighted by Gasteiger charge is 2.00. The van der Waals surface area contributed by atoms with Crippen molar-refractivity contribution in [3.8, 4) is 0 Å². The zero-order valence-corrected chi connectivity index (χ0v) is 10.3. The minimum atomic E-state index is -0.711. The van der Waals surface area contributed by atoms with Crippen molar-refractivity contribution >= 4 is 6.09 Å². The Balaban J connectivity index is 0. The average molecular weight is 218 g/mol. The number of primary amides is 1. The SMILES string of the molecule is CCCCC(CC)CN.CCOC(N)=O. The van der Waals surface area contributed by atoms with Gasteiger partial charge in [0.15, 0.2) is 0 Å². The summed E-state index contributed by atoms with van der Waals surface area (Å²) in [6.07, 6.45) is 4.50. The fourth-order valence-electron chi connectivity index (χ4n) is 1.12. The van der Waals surface area contributed by atoms with Crippen molar-refractivity contribution in [1.29, 1.82) is 0 Å². The molecule has 1 atom stereocenters. The average Bonchev–Trinajstić information content (AvgIpc) is 2.20. The summed E-state index contributed by atoms with van der Waals surface area (Å²) in [5.74, 6) is 0.782. The molecule has 15 heavy (non-hydrogen) atoms. The second-order valence-corrected chi connectivity index (χ2v) is 3.40. The third-order valence-corrected chi connectivity index (χ3v) is 2.16. The van der Waals surface area contributed by atoms with Gasteiger partial charge in [-0.3, -0.25) is 0 Å². The van der Waals surface area contributed by atoms with Gasteiger partial charge in [-0.2, -0.15) is 0 Å². The standard InChI is InChI=1S/C8H19N.C3H7NO2/c1-3-5-6-8(4-2)7-9;1-2-6-3(4)5/h8H,3-7,9H2,1-2H3;2H2,1H3,(H2,4,5). The van der Waals surface area contributed by atoms with E-state index in [1.165, 1.54) is 25.7 Å². The first kappa shape index (κ1) is 16.7. The van der Waals surface area contributed by atoms with Crippen LogP contribution in [0.15, 0.2) is 0 Å². The lowest BCUT2D eigenvalue weighted by Crippen LogP contribution is -2.12. The van der Waals surface area contributed by atoms with Gasteiger partial charge in [0, 0.05) is 0 Å². The lowest BCUT2D eigenvalue weighted by molar-refractivity contribution is 0.163. The number of hydrogen-bond acceptors (Lipinski definition) is 3. The number of ether oxygens (including phenoxy) is 1. The highest BCUT2D eigenvalue weighted by atomic mass is 16.5. The smallest absolute Gasteiger partial charge is 0.404 e. The third-order valence-electron chi connectivity index (χ3n) is 2.16. The Kier molecular flexibility index (Phi) is 14.7. The summed E-state index contributed by atoms with van der Waals surface area (Å²) < 4.78 is 4.18. The molecule has 0 aromatic carbocycles. The molecule has 0 bridgehead atoms. The van der Waals surface area contributed by atoms with Gasteiger partial charge in [0.25, 0.3) is 0 Å². The summed E-state index contributed by atoms with van der Waals surface area (Å²) in [4.78, 5) is 9.60. The molecule has 1 unspecified atom stereocenters. The Labute approximate surface area is 93.3 Å². The van der Waals surface area contributed by atoms with E-state index in [4.69, 9.17) is 5.73 Å². The number of unbranched alkanes of at least 4 members (excludes halogenated alkanes) is 1. The molecule has 0 saturated heterocycles. The lowest BCUT2D eigenvalue weighted by atomic mass is 10.00. The number of carbonyl (C=O) groups is 1. The van der Waals surface area contributed by atoms with Gasteiger partial charge in [0.1, 0.15) is 0 Å². The van der Waals surface area contributed by atoms with Gasteiger partial charge in [0.05, 0.1) is 6.61 Å². The van der Waals surface area contributed by atoms with E-state index in [0.717, 1.165) is 12.5 Å². The second kappa shape index (κ2) is 13.2. The van der Waals surface area contributed by atoms with Gasteiger partial charge in [-0.1, -0.05) is 33.1 Å². The predicted octanol–water partition coefficient (Wildman–Crippen LogP) is 2.26. The van der Waals surface area contributed by atoms with Crippen LogP contribution >= 0.6 is 0 Å². The van der Waals surface area contributed by atoms with Crippen molar-refractivity contribution < 1.29 is 9.53 Å². The maximum Gasteiger partial charge on any atom is 0.404 e. The molecule has 4 N–H and O–H groups in total. The number of hydrogen-bond donors (Lipinski definition) is 2.